The van der Waals surface area contributed by atoms with E-state index in [1.165, 1.54) is 25.7 Å². The van der Waals surface area contributed by atoms with Gasteiger partial charge in [0.05, 0.1) is 6.10 Å². The summed E-state index contributed by atoms with van der Waals surface area (Å²) in [4.78, 5) is 11.5. The number of carbonyl (C=O) groups is 1. The van der Waals surface area contributed by atoms with Crippen LogP contribution in [0.15, 0.2) is 24.3 Å². The average molecular weight is 389 g/mol. The van der Waals surface area contributed by atoms with Gasteiger partial charge in [-0.1, -0.05) is 82.6 Å². The number of hydrogen-bond donors (Lipinski definition) is 1. The monoisotopic (exact) mass is 388 g/mol. The molecule has 0 bridgehead atoms. The molecule has 1 rings (SSSR count). The molecule has 0 aliphatic carbocycles. The fourth-order valence-corrected chi connectivity index (χ4v) is 3.04. The predicted molar refractivity (Wildman–Crippen MR) is 117 cm³/mol. The summed E-state index contributed by atoms with van der Waals surface area (Å²) in [6.45, 7) is 7.89. The number of aliphatic hydroxyl groups excluding tert-OH is 1. The zero-order chi connectivity index (χ0) is 20.8. The van der Waals surface area contributed by atoms with Crippen molar-refractivity contribution in [2.75, 3.05) is 0 Å². The van der Waals surface area contributed by atoms with Crippen molar-refractivity contribution in [3.63, 3.8) is 0 Å². The zero-order valence-corrected chi connectivity index (χ0v) is 18.4. The molecule has 3 atom stereocenters. The topological polar surface area (TPSA) is 49.8 Å². The van der Waals surface area contributed by atoms with Crippen LogP contribution < -0.4 is 0 Å². The molecule has 1 heterocycles. The molecule has 1 aliphatic heterocycles. The molecule has 0 saturated carbocycles. The van der Waals surface area contributed by atoms with E-state index in [2.05, 4.69) is 43.1 Å². The maximum atomic E-state index is 11.5. The molecule has 3 heteroatoms. The largest absolute Gasteiger partial charge is 0.378 e. The first-order valence-electron chi connectivity index (χ1n) is 11.0. The van der Waals surface area contributed by atoms with Gasteiger partial charge in [-0.3, -0.25) is 4.79 Å². The SMILES string of the molecule is CCCCC/C=C\C/C=C\CC#CC(O)C1OC1CCCCC(C)(C)C(C)=O. The van der Waals surface area contributed by atoms with Gasteiger partial charge in [-0.05, 0) is 39.0 Å². The van der Waals surface area contributed by atoms with Crippen LogP contribution in [0.3, 0.4) is 0 Å². The molecule has 0 aromatic carbocycles. The van der Waals surface area contributed by atoms with Crippen LogP contribution in [-0.4, -0.2) is 29.2 Å². The van der Waals surface area contributed by atoms with Gasteiger partial charge in [-0.15, -0.1) is 0 Å². The molecule has 28 heavy (non-hydrogen) atoms. The van der Waals surface area contributed by atoms with E-state index in [0.29, 0.717) is 6.42 Å². The smallest absolute Gasteiger partial charge is 0.143 e. The first-order valence-corrected chi connectivity index (χ1v) is 11.0. The van der Waals surface area contributed by atoms with Gasteiger partial charge < -0.3 is 9.84 Å². The quantitative estimate of drug-likeness (QED) is 0.178. The molecular formula is C25H40O3. The maximum Gasteiger partial charge on any atom is 0.143 e. The van der Waals surface area contributed by atoms with Gasteiger partial charge in [0.1, 0.15) is 18.0 Å². The molecular weight excluding hydrogens is 348 g/mol. The molecule has 0 aromatic heterocycles. The molecule has 0 spiro atoms. The standard InChI is InChI=1S/C25H40O3/c1-5-6-7-8-9-10-11-12-13-14-15-18-22(27)24-23(28-24)19-16-17-20-25(3,4)21(2)26/h9-10,12-13,22-24,27H,5-8,11,14,16-17,19-20H2,1-4H3/b10-9-,13-12-. The Morgan fingerprint density at radius 2 is 1.89 bits per heavy atom. The summed E-state index contributed by atoms with van der Waals surface area (Å²) in [5, 5.41) is 10.1. The lowest BCUT2D eigenvalue weighted by Gasteiger charge is -2.20. The molecule has 1 saturated heterocycles. The Morgan fingerprint density at radius 3 is 2.61 bits per heavy atom. The second-order valence-corrected chi connectivity index (χ2v) is 8.47. The molecule has 3 nitrogen and oxygen atoms in total. The van der Waals surface area contributed by atoms with Crippen molar-refractivity contribution in [3.05, 3.63) is 24.3 Å². The number of ether oxygens (including phenoxy) is 1. The summed E-state index contributed by atoms with van der Waals surface area (Å²) in [7, 11) is 0. The molecule has 0 aromatic rings. The van der Waals surface area contributed by atoms with Crippen molar-refractivity contribution in [1.29, 1.82) is 0 Å². The third-order valence-corrected chi connectivity index (χ3v) is 5.48. The number of epoxide rings is 1. The molecule has 3 unspecified atom stereocenters. The Balaban J connectivity index is 2.09. The summed E-state index contributed by atoms with van der Waals surface area (Å²) < 4.78 is 5.56. The van der Waals surface area contributed by atoms with Crippen molar-refractivity contribution >= 4 is 5.78 Å². The summed E-state index contributed by atoms with van der Waals surface area (Å²) in [6, 6.07) is 0. The summed E-state index contributed by atoms with van der Waals surface area (Å²) in [5.41, 5.74) is -0.229. The highest BCUT2D eigenvalue weighted by molar-refractivity contribution is 5.81. The average Bonchev–Trinajstić information content (AvgIpc) is 3.43. The number of allylic oxidation sites excluding steroid dienone is 4. The van der Waals surface area contributed by atoms with Crippen LogP contribution in [0.1, 0.15) is 91.9 Å². The van der Waals surface area contributed by atoms with Gasteiger partial charge in [0, 0.05) is 11.8 Å². The number of unbranched alkanes of at least 4 members (excludes halogenated alkanes) is 4. The van der Waals surface area contributed by atoms with Gasteiger partial charge in [0.25, 0.3) is 0 Å². The molecule has 158 valence electrons. The lowest BCUT2D eigenvalue weighted by molar-refractivity contribution is -0.125. The maximum absolute atomic E-state index is 11.5. The Kier molecular flexibility index (Phi) is 12.1. The van der Waals surface area contributed by atoms with E-state index in [1.54, 1.807) is 6.92 Å². The van der Waals surface area contributed by atoms with E-state index < -0.39 is 6.10 Å². The summed E-state index contributed by atoms with van der Waals surface area (Å²) in [5.74, 6) is 6.16. The van der Waals surface area contributed by atoms with Crippen LogP contribution in [0.2, 0.25) is 0 Å². The number of ketones is 1. The highest BCUT2D eigenvalue weighted by Crippen LogP contribution is 2.31. The Hall–Kier alpha value is -1.37. The van der Waals surface area contributed by atoms with Crippen molar-refractivity contribution in [3.8, 4) is 11.8 Å². The molecule has 1 N–H and O–H groups in total. The number of Topliss-reactive ketones (excluding diaryl/α,β-unsaturated/α-hetero) is 1. The van der Waals surface area contributed by atoms with Crippen LogP contribution in [0.4, 0.5) is 0 Å². The van der Waals surface area contributed by atoms with E-state index in [-0.39, 0.29) is 23.4 Å². The molecule has 0 radical (unpaired) electrons. The molecule has 1 aliphatic rings. The van der Waals surface area contributed by atoms with Crippen molar-refractivity contribution < 1.29 is 14.6 Å². The number of aliphatic hydroxyl groups is 1. The lowest BCUT2D eigenvalue weighted by Crippen LogP contribution is -2.21. The van der Waals surface area contributed by atoms with Gasteiger partial charge in [-0.25, -0.2) is 0 Å². The van der Waals surface area contributed by atoms with E-state index >= 15 is 0 Å². The van der Waals surface area contributed by atoms with E-state index in [1.807, 2.05) is 13.8 Å². The first kappa shape index (κ1) is 24.7. The summed E-state index contributed by atoms with van der Waals surface area (Å²) in [6.07, 6.45) is 18.4. The van der Waals surface area contributed by atoms with Gasteiger partial charge in [-0.2, -0.15) is 0 Å². The number of hydrogen-bond acceptors (Lipinski definition) is 3. The van der Waals surface area contributed by atoms with Crippen molar-refractivity contribution in [2.45, 2.75) is 110 Å². The fourth-order valence-electron chi connectivity index (χ4n) is 3.04. The number of carbonyl (C=O) groups excluding carboxylic acids is 1. The minimum absolute atomic E-state index is 0.123. The van der Waals surface area contributed by atoms with Crippen LogP contribution in [0, 0.1) is 17.3 Å². The minimum atomic E-state index is -0.689. The number of rotatable bonds is 14. The van der Waals surface area contributed by atoms with Crippen LogP contribution >= 0.6 is 0 Å². The van der Waals surface area contributed by atoms with Gasteiger partial charge in [0.15, 0.2) is 0 Å². The fraction of sp³-hybridized carbons (Fsp3) is 0.720. The van der Waals surface area contributed by atoms with Crippen molar-refractivity contribution in [2.24, 2.45) is 5.41 Å². The highest BCUT2D eigenvalue weighted by Gasteiger charge is 2.43. The van der Waals surface area contributed by atoms with E-state index in [0.717, 1.165) is 32.1 Å². The van der Waals surface area contributed by atoms with Crippen molar-refractivity contribution in [1.82, 2.24) is 0 Å². The highest BCUT2D eigenvalue weighted by atomic mass is 16.6. The van der Waals surface area contributed by atoms with Gasteiger partial charge >= 0.3 is 0 Å². The van der Waals surface area contributed by atoms with Crippen LogP contribution in [0.25, 0.3) is 0 Å². The van der Waals surface area contributed by atoms with E-state index in [4.69, 9.17) is 4.74 Å². The minimum Gasteiger partial charge on any atom is -0.378 e. The summed E-state index contributed by atoms with van der Waals surface area (Å²) >= 11 is 0. The van der Waals surface area contributed by atoms with Crippen LogP contribution in [-0.2, 0) is 9.53 Å². The van der Waals surface area contributed by atoms with Crippen LogP contribution in [0.5, 0.6) is 0 Å². The van der Waals surface area contributed by atoms with E-state index in [9.17, 15) is 9.90 Å². The molecule has 1 fully saturated rings. The Morgan fingerprint density at radius 1 is 1.14 bits per heavy atom. The second-order valence-electron chi connectivity index (χ2n) is 8.47. The van der Waals surface area contributed by atoms with Gasteiger partial charge in [0.2, 0.25) is 0 Å². The molecule has 0 amide bonds. The first-order chi connectivity index (χ1) is 13.4. The lowest BCUT2D eigenvalue weighted by atomic mass is 9.83. The predicted octanol–water partition coefficient (Wildman–Crippen LogP) is 5.77. The Labute approximate surface area is 172 Å². The zero-order valence-electron chi connectivity index (χ0n) is 18.4. The third-order valence-electron chi connectivity index (χ3n) is 5.48. The second kappa shape index (κ2) is 13.7. The third kappa shape index (κ3) is 10.8. The normalized spacial score (nSPS) is 20.3. The Bertz CT molecular complexity index is 562.